The minimum absolute atomic E-state index is 0.452. The molecule has 0 amide bonds. The Kier molecular flexibility index (Phi) is 2.28. The molecule has 0 spiro atoms. The molecule has 0 radical (unpaired) electrons. The third-order valence-electron chi connectivity index (χ3n) is 2.18. The molecule has 2 aromatic rings. The molecule has 1 aromatic heterocycles. The number of hydrogen-bond acceptors (Lipinski definition) is 3. The molecule has 0 aliphatic rings. The predicted octanol–water partition coefficient (Wildman–Crippen LogP) is 0.941. The van der Waals surface area contributed by atoms with Gasteiger partial charge < -0.3 is 5.73 Å². The second-order valence-corrected chi connectivity index (χ2v) is 3.08. The van der Waals surface area contributed by atoms with Gasteiger partial charge in [0.05, 0.1) is 5.69 Å². The minimum Gasteiger partial charge on any atom is -0.325 e. The molecular formula is C10H12N4. The average Bonchev–Trinajstić information content (AvgIpc) is 2.61. The van der Waals surface area contributed by atoms with Gasteiger partial charge in [0.25, 0.3) is 0 Å². The molecule has 72 valence electrons. The van der Waals surface area contributed by atoms with Crippen LogP contribution in [0.5, 0.6) is 0 Å². The fourth-order valence-corrected chi connectivity index (χ4v) is 1.43. The van der Waals surface area contributed by atoms with Gasteiger partial charge in [-0.3, -0.25) is 4.68 Å². The van der Waals surface area contributed by atoms with Crippen LogP contribution in [0, 0.1) is 0 Å². The fourth-order valence-electron chi connectivity index (χ4n) is 1.43. The van der Waals surface area contributed by atoms with E-state index in [0.717, 1.165) is 17.0 Å². The van der Waals surface area contributed by atoms with Crippen molar-refractivity contribution < 1.29 is 0 Å². The van der Waals surface area contributed by atoms with E-state index in [1.807, 2.05) is 37.4 Å². The Morgan fingerprint density at radius 1 is 1.29 bits per heavy atom. The van der Waals surface area contributed by atoms with E-state index in [2.05, 4.69) is 10.3 Å². The first kappa shape index (κ1) is 8.90. The van der Waals surface area contributed by atoms with E-state index in [4.69, 9.17) is 5.73 Å². The first-order valence-corrected chi connectivity index (χ1v) is 4.47. The Morgan fingerprint density at radius 3 is 2.64 bits per heavy atom. The first-order valence-electron chi connectivity index (χ1n) is 4.47. The number of nitrogens with two attached hydrogens (primary N) is 1. The molecule has 1 heterocycles. The van der Waals surface area contributed by atoms with Gasteiger partial charge in [0, 0.05) is 19.2 Å². The molecule has 0 unspecified atom stereocenters. The van der Waals surface area contributed by atoms with Crippen molar-refractivity contribution >= 4 is 0 Å². The highest BCUT2D eigenvalue weighted by Crippen LogP contribution is 2.19. The largest absolute Gasteiger partial charge is 0.325 e. The smallest absolute Gasteiger partial charge is 0.117 e. The predicted molar refractivity (Wildman–Crippen MR) is 54.3 cm³/mol. The summed E-state index contributed by atoms with van der Waals surface area (Å²) in [6.45, 7) is 0.452. The summed E-state index contributed by atoms with van der Waals surface area (Å²) in [5.74, 6) is 0. The summed E-state index contributed by atoms with van der Waals surface area (Å²) in [6.07, 6.45) is 0. The Balaban J connectivity index is 2.52. The Hall–Kier alpha value is -1.68. The fraction of sp³-hybridized carbons (Fsp3) is 0.200. The summed E-state index contributed by atoms with van der Waals surface area (Å²) < 4.78 is 1.71. The molecule has 0 fully saturated rings. The Morgan fingerprint density at radius 2 is 2.00 bits per heavy atom. The second-order valence-electron chi connectivity index (χ2n) is 3.08. The number of nitrogens with zero attached hydrogens (tertiary/aromatic N) is 3. The molecule has 1 aromatic carbocycles. The standard InChI is InChI=1S/C10H12N4/c1-14-9(7-11)10(12-13-14)8-5-3-2-4-6-8/h2-6H,7,11H2,1H3. The lowest BCUT2D eigenvalue weighted by atomic mass is 10.1. The summed E-state index contributed by atoms with van der Waals surface area (Å²) in [4.78, 5) is 0. The van der Waals surface area contributed by atoms with E-state index in [-0.39, 0.29) is 0 Å². The summed E-state index contributed by atoms with van der Waals surface area (Å²) in [7, 11) is 1.85. The Bertz CT molecular complexity index is 419. The maximum atomic E-state index is 5.63. The topological polar surface area (TPSA) is 56.7 Å². The first-order chi connectivity index (χ1) is 6.83. The van der Waals surface area contributed by atoms with E-state index >= 15 is 0 Å². The Labute approximate surface area is 82.4 Å². The van der Waals surface area contributed by atoms with Crippen LogP contribution >= 0.6 is 0 Å². The van der Waals surface area contributed by atoms with Crippen molar-refractivity contribution in [3.05, 3.63) is 36.0 Å². The SMILES string of the molecule is Cn1nnc(-c2ccccc2)c1CN. The van der Waals surface area contributed by atoms with Crippen LogP contribution in [0.15, 0.2) is 30.3 Å². The van der Waals surface area contributed by atoms with Gasteiger partial charge in [-0.05, 0) is 0 Å². The lowest BCUT2D eigenvalue weighted by Crippen LogP contribution is -2.05. The normalized spacial score (nSPS) is 10.4. The summed E-state index contributed by atoms with van der Waals surface area (Å²) in [5.41, 5.74) is 8.51. The highest BCUT2D eigenvalue weighted by molar-refractivity contribution is 5.60. The molecule has 2 N–H and O–H groups in total. The van der Waals surface area contributed by atoms with E-state index in [1.54, 1.807) is 4.68 Å². The number of benzene rings is 1. The van der Waals surface area contributed by atoms with Gasteiger partial charge in [0.2, 0.25) is 0 Å². The number of rotatable bonds is 2. The van der Waals surface area contributed by atoms with Crippen LogP contribution in [0.1, 0.15) is 5.69 Å². The number of aryl methyl sites for hydroxylation is 1. The molecule has 0 saturated heterocycles. The molecule has 0 atom stereocenters. The zero-order chi connectivity index (χ0) is 9.97. The lowest BCUT2D eigenvalue weighted by Gasteiger charge is -2.00. The van der Waals surface area contributed by atoms with E-state index < -0.39 is 0 Å². The van der Waals surface area contributed by atoms with Crippen molar-refractivity contribution in [3.63, 3.8) is 0 Å². The van der Waals surface area contributed by atoms with Gasteiger partial charge in [-0.1, -0.05) is 35.5 Å². The van der Waals surface area contributed by atoms with Crippen LogP contribution < -0.4 is 5.73 Å². The van der Waals surface area contributed by atoms with Crippen molar-refractivity contribution in [1.29, 1.82) is 0 Å². The van der Waals surface area contributed by atoms with E-state index in [0.29, 0.717) is 6.54 Å². The van der Waals surface area contributed by atoms with Crippen LogP contribution in [0.25, 0.3) is 11.3 Å². The molecule has 14 heavy (non-hydrogen) atoms. The zero-order valence-corrected chi connectivity index (χ0v) is 8.01. The molecule has 4 nitrogen and oxygen atoms in total. The minimum atomic E-state index is 0.452. The van der Waals surface area contributed by atoms with Gasteiger partial charge >= 0.3 is 0 Å². The molecule has 0 aliphatic carbocycles. The third kappa shape index (κ3) is 1.40. The van der Waals surface area contributed by atoms with Crippen molar-refractivity contribution in [2.45, 2.75) is 6.54 Å². The monoisotopic (exact) mass is 188 g/mol. The van der Waals surface area contributed by atoms with Crippen LogP contribution in [-0.2, 0) is 13.6 Å². The van der Waals surface area contributed by atoms with Crippen molar-refractivity contribution in [1.82, 2.24) is 15.0 Å². The summed E-state index contributed by atoms with van der Waals surface area (Å²) in [6, 6.07) is 9.93. The van der Waals surface area contributed by atoms with Crippen molar-refractivity contribution in [2.75, 3.05) is 0 Å². The summed E-state index contributed by atoms with van der Waals surface area (Å²) in [5, 5.41) is 8.04. The summed E-state index contributed by atoms with van der Waals surface area (Å²) >= 11 is 0. The van der Waals surface area contributed by atoms with E-state index in [9.17, 15) is 0 Å². The van der Waals surface area contributed by atoms with Gasteiger partial charge in [0.15, 0.2) is 0 Å². The highest BCUT2D eigenvalue weighted by atomic mass is 15.4. The van der Waals surface area contributed by atoms with Crippen LogP contribution in [0.2, 0.25) is 0 Å². The van der Waals surface area contributed by atoms with Crippen LogP contribution in [0.4, 0.5) is 0 Å². The molecule has 2 rings (SSSR count). The van der Waals surface area contributed by atoms with Crippen LogP contribution in [-0.4, -0.2) is 15.0 Å². The van der Waals surface area contributed by atoms with Crippen LogP contribution in [0.3, 0.4) is 0 Å². The van der Waals surface area contributed by atoms with Gasteiger partial charge in [-0.15, -0.1) is 5.10 Å². The van der Waals surface area contributed by atoms with Gasteiger partial charge in [0.1, 0.15) is 5.69 Å². The van der Waals surface area contributed by atoms with Gasteiger partial charge in [-0.2, -0.15) is 0 Å². The maximum absolute atomic E-state index is 5.63. The molecule has 0 bridgehead atoms. The highest BCUT2D eigenvalue weighted by Gasteiger charge is 2.09. The second kappa shape index (κ2) is 3.59. The van der Waals surface area contributed by atoms with E-state index in [1.165, 1.54) is 0 Å². The van der Waals surface area contributed by atoms with Gasteiger partial charge in [-0.25, -0.2) is 0 Å². The quantitative estimate of drug-likeness (QED) is 0.763. The molecule has 4 heteroatoms. The third-order valence-corrected chi connectivity index (χ3v) is 2.18. The number of aromatic nitrogens is 3. The average molecular weight is 188 g/mol. The van der Waals surface area contributed by atoms with Crippen molar-refractivity contribution in [2.24, 2.45) is 12.8 Å². The lowest BCUT2D eigenvalue weighted by molar-refractivity contribution is 0.678. The molecule has 0 saturated carbocycles. The van der Waals surface area contributed by atoms with Crippen molar-refractivity contribution in [3.8, 4) is 11.3 Å². The maximum Gasteiger partial charge on any atom is 0.117 e. The zero-order valence-electron chi connectivity index (χ0n) is 8.01. The molecule has 0 aliphatic heterocycles. The number of hydrogen-bond donors (Lipinski definition) is 1. The molecular weight excluding hydrogens is 176 g/mol.